The summed E-state index contributed by atoms with van der Waals surface area (Å²) in [6.07, 6.45) is 84.1. The Bertz CT molecular complexity index is 3550. The van der Waals surface area contributed by atoms with Crippen LogP contribution in [0.25, 0.3) is 72.2 Å². The van der Waals surface area contributed by atoms with Crippen molar-refractivity contribution in [3.05, 3.63) is 57.0 Å². The molecule has 8 aromatic rings. The lowest BCUT2D eigenvalue weighted by molar-refractivity contribution is 0.399. The van der Waals surface area contributed by atoms with Gasteiger partial charge in [0.15, 0.2) is 0 Å². The van der Waals surface area contributed by atoms with Crippen LogP contribution in [0.3, 0.4) is 0 Å². The van der Waals surface area contributed by atoms with Crippen molar-refractivity contribution in [3.8, 4) is 29.9 Å². The lowest BCUT2D eigenvalue weighted by atomic mass is 9.70. The van der Waals surface area contributed by atoms with Crippen molar-refractivity contribution < 1.29 is 0 Å². The number of benzene rings is 2. The summed E-state index contributed by atoms with van der Waals surface area (Å²) < 4.78 is 23.5. The number of aryl methyl sites for hydroxylation is 2. The predicted octanol–water partition coefficient (Wildman–Crippen LogP) is 34.6. The Hall–Kier alpha value is -2.60. The highest BCUT2D eigenvalue weighted by Crippen LogP contribution is 2.69. The molecule has 4 nitrogen and oxygen atoms in total. The molecular weight excluding hydrogens is 1350 g/mol. The Morgan fingerprint density at radius 3 is 0.882 bits per heavy atom. The average Bonchev–Trinajstić information content (AvgIpc) is 1.50. The van der Waals surface area contributed by atoms with Crippen molar-refractivity contribution in [1.82, 2.24) is 17.5 Å². The molecule has 2 aliphatic rings. The van der Waals surface area contributed by atoms with E-state index in [4.69, 9.17) is 17.5 Å². The number of rotatable bonds is 61. The maximum atomic E-state index is 5.19. The molecule has 0 saturated carbocycles. The van der Waals surface area contributed by atoms with Crippen LogP contribution in [0.15, 0.2) is 24.3 Å². The monoisotopic (exact) mass is 1490 g/mol. The normalized spacial score (nSPS) is 13.7. The highest BCUT2D eigenvalue weighted by molar-refractivity contribution is 7.34. The Balaban J connectivity index is 0.948. The zero-order valence-electron chi connectivity index (χ0n) is 66.0. The van der Waals surface area contributed by atoms with Gasteiger partial charge >= 0.3 is 0 Å². The smallest absolute Gasteiger partial charge is 0.114 e. The molecule has 0 spiro atoms. The van der Waals surface area contributed by atoms with E-state index in [1.165, 1.54) is 440 Å². The van der Waals surface area contributed by atoms with Gasteiger partial charge in [0.05, 0.1) is 42.6 Å². The average molecular weight is 1500 g/mol. The molecule has 0 unspecified atom stereocenters. The first-order valence-corrected chi connectivity index (χ1v) is 48.8. The fourth-order valence-electron chi connectivity index (χ4n) is 18.7. The highest BCUT2D eigenvalue weighted by Gasteiger charge is 2.52. The molecule has 2 aromatic carbocycles. The molecule has 0 saturated heterocycles. The minimum Gasteiger partial charge on any atom is -0.173 e. The van der Waals surface area contributed by atoms with E-state index in [9.17, 15) is 0 Å². The first kappa shape index (κ1) is 81.9. The zero-order valence-corrected chi connectivity index (χ0v) is 70.9. The summed E-state index contributed by atoms with van der Waals surface area (Å²) in [5.41, 5.74) is 13.6. The van der Waals surface area contributed by atoms with Gasteiger partial charge in [0.1, 0.15) is 22.1 Å². The fourth-order valence-corrected chi connectivity index (χ4v) is 25.8. The standard InChI is InChI=1S/C92H142N4S6/c1-7-11-15-19-23-27-31-35-39-43-47-51-55-59-63-91(64-60-56-52-48-44-40-36-32-28-24-20-16-12-8-2)76-68-72(6)97-85(76)87-79(91)89-90(99-87)80-88(100-89)86-77(70-78(98-86)75-69-74-73(83-84(75)96-102-95-83)67-71(5)81-82(74)94-101-93-81)92(80,65-61-57-53-49-45-41-37-33-29-25-21-17-13-9-3)66-62-58-54-50-46-42-38-34-30-26-22-18-14-10-4/h67-70H,7-66H2,1-6H3. The number of aromatic nitrogens is 4. The zero-order chi connectivity index (χ0) is 70.9. The summed E-state index contributed by atoms with van der Waals surface area (Å²) in [5.74, 6) is 0. The van der Waals surface area contributed by atoms with Gasteiger partial charge in [-0.15, -0.1) is 45.3 Å². The molecule has 0 amide bonds. The van der Waals surface area contributed by atoms with Gasteiger partial charge in [-0.2, -0.15) is 17.5 Å². The molecule has 102 heavy (non-hydrogen) atoms. The Labute approximate surface area is 647 Å². The Kier molecular flexibility index (Phi) is 36.5. The van der Waals surface area contributed by atoms with Crippen molar-refractivity contribution in [1.29, 1.82) is 0 Å². The molecule has 0 radical (unpaired) electrons. The van der Waals surface area contributed by atoms with Crippen LogP contribution in [0, 0.1) is 13.8 Å². The lowest BCUT2D eigenvalue weighted by Gasteiger charge is -2.32. The van der Waals surface area contributed by atoms with E-state index in [1.54, 1.807) is 51.2 Å². The molecule has 0 aliphatic heterocycles. The Morgan fingerprint density at radius 2 is 0.539 bits per heavy atom. The van der Waals surface area contributed by atoms with E-state index in [1.807, 2.05) is 0 Å². The van der Waals surface area contributed by atoms with Crippen LogP contribution in [-0.2, 0) is 10.8 Å². The number of hydrogen-bond donors (Lipinski definition) is 0. The summed E-state index contributed by atoms with van der Waals surface area (Å²) in [5, 5.41) is 2.34. The summed E-state index contributed by atoms with van der Waals surface area (Å²) in [7, 11) is 0. The molecule has 0 bridgehead atoms. The predicted molar refractivity (Wildman–Crippen MR) is 462 cm³/mol. The fraction of sp³-hybridized carbons (Fsp3) is 0.739. The number of unbranched alkanes of at least 4 members (excludes halogenated alkanes) is 52. The van der Waals surface area contributed by atoms with Gasteiger partial charge in [-0.25, -0.2) is 0 Å². The topological polar surface area (TPSA) is 51.6 Å². The molecule has 10 rings (SSSR count). The van der Waals surface area contributed by atoms with Crippen LogP contribution in [0.4, 0.5) is 0 Å². The van der Waals surface area contributed by atoms with Gasteiger partial charge in [-0.1, -0.05) is 387 Å². The second-order valence-corrected chi connectivity index (χ2v) is 38.3. The molecule has 566 valence electrons. The van der Waals surface area contributed by atoms with Crippen LogP contribution in [-0.4, -0.2) is 17.5 Å². The van der Waals surface area contributed by atoms with Crippen molar-refractivity contribution in [3.63, 3.8) is 0 Å². The quantitative estimate of drug-likeness (QED) is 0.0357. The number of nitrogens with zero attached hydrogens (tertiary/aromatic N) is 4. The molecule has 6 aromatic heterocycles. The molecular formula is C92H142N4S6. The van der Waals surface area contributed by atoms with Crippen LogP contribution in [0.2, 0.25) is 0 Å². The lowest BCUT2D eigenvalue weighted by Crippen LogP contribution is -2.25. The minimum absolute atomic E-state index is 0.00978. The van der Waals surface area contributed by atoms with Crippen molar-refractivity contribution in [2.45, 2.75) is 438 Å². The maximum Gasteiger partial charge on any atom is 0.114 e. The van der Waals surface area contributed by atoms with Crippen molar-refractivity contribution >= 4 is 111 Å². The first-order chi connectivity index (χ1) is 50.4. The van der Waals surface area contributed by atoms with E-state index >= 15 is 0 Å². The van der Waals surface area contributed by atoms with Gasteiger partial charge in [0.2, 0.25) is 0 Å². The van der Waals surface area contributed by atoms with Crippen LogP contribution >= 0.6 is 68.8 Å². The second-order valence-electron chi connectivity index (χ2n) is 32.9. The molecule has 0 atom stereocenters. The van der Waals surface area contributed by atoms with Crippen LogP contribution in [0.5, 0.6) is 0 Å². The SMILES string of the molecule is CCCCCCCCCCCCCCCCC1(CCCCCCCCCCCCCCCC)c2cc(C)sc2-c2sc3c4c(sc3c21)-c1sc(-c2cc3c(cc(C)c5nsnc53)c3nsnc23)cc1C4(CCCCCCCCCCCCCCCC)CCCCCCCCCCCCCCCC. The molecule has 0 fully saturated rings. The summed E-state index contributed by atoms with van der Waals surface area (Å²) in [6.45, 7) is 14.0. The van der Waals surface area contributed by atoms with E-state index < -0.39 is 0 Å². The van der Waals surface area contributed by atoms with Gasteiger partial charge in [-0.3, -0.25) is 0 Å². The van der Waals surface area contributed by atoms with Crippen LogP contribution in [0.1, 0.15) is 446 Å². The molecule has 2 aliphatic carbocycles. The Morgan fingerprint density at radius 1 is 0.265 bits per heavy atom. The summed E-state index contributed by atoms with van der Waals surface area (Å²) in [6, 6.07) is 10.2. The molecule has 0 N–H and O–H groups in total. The van der Waals surface area contributed by atoms with Crippen LogP contribution < -0.4 is 0 Å². The number of fused-ring (bicyclic) bond motifs is 14. The third kappa shape index (κ3) is 22.3. The van der Waals surface area contributed by atoms with Gasteiger partial charge in [0, 0.05) is 57.8 Å². The van der Waals surface area contributed by atoms with Gasteiger partial charge < -0.3 is 0 Å². The maximum absolute atomic E-state index is 5.19. The minimum atomic E-state index is -0.00978. The van der Waals surface area contributed by atoms with Crippen molar-refractivity contribution in [2.75, 3.05) is 0 Å². The highest BCUT2D eigenvalue weighted by atomic mass is 32.1. The number of thiophene rings is 4. The third-order valence-corrected chi connectivity index (χ3v) is 30.8. The van der Waals surface area contributed by atoms with E-state index in [0.717, 1.165) is 22.1 Å². The largest absolute Gasteiger partial charge is 0.173 e. The van der Waals surface area contributed by atoms with E-state index in [-0.39, 0.29) is 10.8 Å². The third-order valence-electron chi connectivity index (χ3n) is 24.7. The molecule has 6 heterocycles. The van der Waals surface area contributed by atoms with Crippen molar-refractivity contribution in [2.24, 2.45) is 0 Å². The van der Waals surface area contributed by atoms with E-state index in [0.29, 0.717) is 0 Å². The summed E-state index contributed by atoms with van der Waals surface area (Å²) in [4.78, 5) is 9.48. The van der Waals surface area contributed by atoms with E-state index in [2.05, 4.69) is 111 Å². The van der Waals surface area contributed by atoms with Gasteiger partial charge in [-0.05, 0) is 80.5 Å². The first-order valence-electron chi connectivity index (χ1n) is 44.1. The molecule has 10 heteroatoms. The summed E-state index contributed by atoms with van der Waals surface area (Å²) >= 11 is 11.6. The second kappa shape index (κ2) is 45.4. The number of hydrogen-bond acceptors (Lipinski definition) is 10. The van der Waals surface area contributed by atoms with Gasteiger partial charge in [0.25, 0.3) is 0 Å².